The van der Waals surface area contributed by atoms with Crippen molar-refractivity contribution in [2.75, 3.05) is 16.6 Å². The van der Waals surface area contributed by atoms with Gasteiger partial charge in [-0.25, -0.2) is 13.4 Å². The first-order valence-corrected chi connectivity index (χ1v) is 11.1. The number of imide groups is 1. The number of anilines is 2. The molecule has 0 atom stereocenters. The first kappa shape index (κ1) is 21.2. The van der Waals surface area contributed by atoms with E-state index in [1.807, 2.05) is 0 Å². The molecule has 2 N–H and O–H groups in total. The second-order valence-corrected chi connectivity index (χ2v) is 8.63. The molecule has 0 bridgehead atoms. The molecule has 162 valence electrons. The molecule has 32 heavy (non-hydrogen) atoms. The first-order valence-electron chi connectivity index (χ1n) is 9.64. The van der Waals surface area contributed by atoms with Gasteiger partial charge in [0.15, 0.2) is 0 Å². The molecular formula is C22H18N4O5S. The van der Waals surface area contributed by atoms with E-state index >= 15 is 0 Å². The summed E-state index contributed by atoms with van der Waals surface area (Å²) in [6.07, 6.45) is 1.38. The molecule has 9 nitrogen and oxygen atoms in total. The van der Waals surface area contributed by atoms with Gasteiger partial charge in [-0.3, -0.25) is 24.0 Å². The fourth-order valence-corrected chi connectivity index (χ4v) is 4.22. The van der Waals surface area contributed by atoms with Gasteiger partial charge >= 0.3 is 0 Å². The summed E-state index contributed by atoms with van der Waals surface area (Å²) in [6.45, 7) is -0.0569. The molecule has 3 aromatic rings. The monoisotopic (exact) mass is 450 g/mol. The molecule has 0 aliphatic carbocycles. The molecule has 0 fully saturated rings. The van der Waals surface area contributed by atoms with E-state index in [1.165, 1.54) is 36.5 Å². The minimum absolute atomic E-state index is 0.00664. The van der Waals surface area contributed by atoms with Crippen LogP contribution in [0, 0.1) is 0 Å². The van der Waals surface area contributed by atoms with E-state index in [2.05, 4.69) is 15.0 Å². The predicted octanol–water partition coefficient (Wildman–Crippen LogP) is 2.51. The summed E-state index contributed by atoms with van der Waals surface area (Å²) in [4.78, 5) is 41.9. The van der Waals surface area contributed by atoms with Crippen LogP contribution in [0.25, 0.3) is 0 Å². The number of hydrogen-bond acceptors (Lipinski definition) is 6. The molecule has 0 saturated heterocycles. The molecule has 0 unspecified atom stereocenters. The lowest BCUT2D eigenvalue weighted by Crippen LogP contribution is -2.32. The summed E-state index contributed by atoms with van der Waals surface area (Å²) in [6, 6.07) is 17.0. The van der Waals surface area contributed by atoms with E-state index in [9.17, 15) is 22.8 Å². The summed E-state index contributed by atoms with van der Waals surface area (Å²) in [5, 5.41) is 2.63. The minimum Gasteiger partial charge on any atom is -0.326 e. The van der Waals surface area contributed by atoms with Gasteiger partial charge in [-0.1, -0.05) is 18.2 Å². The largest absolute Gasteiger partial charge is 0.326 e. The van der Waals surface area contributed by atoms with Crippen molar-refractivity contribution in [1.29, 1.82) is 0 Å². The highest BCUT2D eigenvalue weighted by atomic mass is 32.2. The van der Waals surface area contributed by atoms with Crippen LogP contribution in [0.3, 0.4) is 0 Å². The number of sulfonamides is 1. The Morgan fingerprint density at radius 2 is 1.50 bits per heavy atom. The minimum atomic E-state index is -3.83. The molecule has 2 heterocycles. The van der Waals surface area contributed by atoms with Gasteiger partial charge in [0.2, 0.25) is 5.91 Å². The van der Waals surface area contributed by atoms with Crippen molar-refractivity contribution in [2.24, 2.45) is 0 Å². The van der Waals surface area contributed by atoms with Crippen LogP contribution in [0.2, 0.25) is 0 Å². The summed E-state index contributed by atoms with van der Waals surface area (Å²) in [5.74, 6) is -1.07. The highest BCUT2D eigenvalue weighted by molar-refractivity contribution is 7.92. The molecule has 1 aromatic heterocycles. The zero-order valence-corrected chi connectivity index (χ0v) is 17.5. The summed E-state index contributed by atoms with van der Waals surface area (Å²) in [7, 11) is -3.83. The Labute approximate surface area is 184 Å². The van der Waals surface area contributed by atoms with Crippen molar-refractivity contribution in [3.63, 3.8) is 0 Å². The maximum atomic E-state index is 12.4. The highest BCUT2D eigenvalue weighted by Crippen LogP contribution is 2.23. The molecule has 2 aromatic carbocycles. The van der Waals surface area contributed by atoms with E-state index in [0.717, 1.165) is 4.90 Å². The average molecular weight is 450 g/mol. The second kappa shape index (κ2) is 8.60. The van der Waals surface area contributed by atoms with Crippen LogP contribution >= 0.6 is 0 Å². The molecule has 1 aliphatic rings. The lowest BCUT2D eigenvalue weighted by molar-refractivity contribution is -0.116. The first-order chi connectivity index (χ1) is 15.3. The fraction of sp³-hybridized carbons (Fsp3) is 0.0909. The lowest BCUT2D eigenvalue weighted by Gasteiger charge is -2.13. The number of nitrogens with zero attached hydrogens (tertiary/aromatic N) is 2. The Kier molecular flexibility index (Phi) is 5.69. The number of pyridine rings is 1. The number of fused-ring (bicyclic) bond motifs is 1. The van der Waals surface area contributed by atoms with Gasteiger partial charge in [0.1, 0.15) is 5.82 Å². The third kappa shape index (κ3) is 4.35. The molecule has 3 amide bonds. The third-order valence-corrected chi connectivity index (χ3v) is 6.16. The van der Waals surface area contributed by atoms with Gasteiger partial charge in [0, 0.05) is 24.8 Å². The van der Waals surface area contributed by atoms with Crippen LogP contribution in [0.15, 0.2) is 77.8 Å². The summed E-state index contributed by atoms with van der Waals surface area (Å²) in [5.41, 5.74) is 1.04. The van der Waals surface area contributed by atoms with Gasteiger partial charge in [-0.05, 0) is 48.5 Å². The molecule has 1 aliphatic heterocycles. The molecule has 10 heteroatoms. The van der Waals surface area contributed by atoms with Crippen molar-refractivity contribution in [2.45, 2.75) is 11.3 Å². The van der Waals surface area contributed by atoms with Crippen molar-refractivity contribution in [3.05, 3.63) is 84.1 Å². The number of rotatable bonds is 7. The van der Waals surface area contributed by atoms with E-state index in [-0.39, 0.29) is 23.7 Å². The Hall–Kier alpha value is -4.05. The number of carbonyl (C=O) groups excluding carboxylic acids is 3. The van der Waals surface area contributed by atoms with Gasteiger partial charge in [0.05, 0.1) is 16.0 Å². The van der Waals surface area contributed by atoms with Gasteiger partial charge < -0.3 is 5.32 Å². The second-order valence-electron chi connectivity index (χ2n) is 6.95. The van der Waals surface area contributed by atoms with Crippen molar-refractivity contribution >= 4 is 39.3 Å². The standard InChI is InChI=1S/C22H18N4O5S/c27-20(12-14-26-21(28)17-5-1-2-6-18(17)22(26)29)24-15-8-10-16(11-9-15)32(30,31)25-19-7-3-4-13-23-19/h1-11,13H,12,14H2,(H,23,25)(H,24,27). The molecule has 4 rings (SSSR count). The van der Waals surface area contributed by atoms with Crippen LogP contribution < -0.4 is 10.0 Å². The van der Waals surface area contributed by atoms with E-state index in [4.69, 9.17) is 0 Å². The number of nitrogens with one attached hydrogen (secondary N) is 2. The van der Waals surface area contributed by atoms with Crippen molar-refractivity contribution in [3.8, 4) is 0 Å². The lowest BCUT2D eigenvalue weighted by atomic mass is 10.1. The number of amides is 3. The zero-order chi connectivity index (χ0) is 22.7. The smallest absolute Gasteiger partial charge is 0.263 e. The number of benzene rings is 2. The SMILES string of the molecule is O=C(CCN1C(=O)c2ccccc2C1=O)Nc1ccc(S(=O)(=O)Nc2ccccn2)cc1. The number of hydrogen-bond donors (Lipinski definition) is 2. The van der Waals surface area contributed by atoms with Crippen molar-refractivity contribution in [1.82, 2.24) is 9.88 Å². The predicted molar refractivity (Wildman–Crippen MR) is 117 cm³/mol. The average Bonchev–Trinajstić information content (AvgIpc) is 3.03. The maximum absolute atomic E-state index is 12.4. The van der Waals surface area contributed by atoms with Gasteiger partial charge in [0.25, 0.3) is 21.8 Å². The van der Waals surface area contributed by atoms with E-state index in [1.54, 1.807) is 36.4 Å². The Morgan fingerprint density at radius 1 is 0.875 bits per heavy atom. The number of aromatic nitrogens is 1. The van der Waals surface area contributed by atoms with Crippen LogP contribution in [0.1, 0.15) is 27.1 Å². The summed E-state index contributed by atoms with van der Waals surface area (Å²) < 4.78 is 27.2. The van der Waals surface area contributed by atoms with E-state index < -0.39 is 27.7 Å². The maximum Gasteiger partial charge on any atom is 0.263 e. The van der Waals surface area contributed by atoms with Gasteiger partial charge in [-0.2, -0.15) is 0 Å². The van der Waals surface area contributed by atoms with Crippen LogP contribution in [-0.2, 0) is 14.8 Å². The summed E-state index contributed by atoms with van der Waals surface area (Å²) >= 11 is 0. The number of carbonyl (C=O) groups is 3. The Bertz CT molecular complexity index is 1260. The molecule has 0 saturated carbocycles. The highest BCUT2D eigenvalue weighted by Gasteiger charge is 2.34. The van der Waals surface area contributed by atoms with Crippen LogP contribution in [0.5, 0.6) is 0 Å². The molecule has 0 spiro atoms. The fourth-order valence-electron chi connectivity index (χ4n) is 3.22. The quantitative estimate of drug-likeness (QED) is 0.533. The zero-order valence-electron chi connectivity index (χ0n) is 16.7. The molecular weight excluding hydrogens is 432 g/mol. The normalized spacial score (nSPS) is 13.1. The van der Waals surface area contributed by atoms with E-state index in [0.29, 0.717) is 16.8 Å². The van der Waals surface area contributed by atoms with Crippen LogP contribution in [-0.4, -0.2) is 42.6 Å². The Morgan fingerprint density at radius 3 is 2.09 bits per heavy atom. The Balaban J connectivity index is 1.34. The van der Waals surface area contributed by atoms with Gasteiger partial charge in [-0.15, -0.1) is 0 Å². The van der Waals surface area contributed by atoms with Crippen LogP contribution in [0.4, 0.5) is 11.5 Å². The molecule has 0 radical (unpaired) electrons. The third-order valence-electron chi connectivity index (χ3n) is 4.79. The van der Waals surface area contributed by atoms with Crippen molar-refractivity contribution < 1.29 is 22.8 Å². The topological polar surface area (TPSA) is 126 Å².